The Balaban J connectivity index is 1.73. The van der Waals surface area contributed by atoms with Gasteiger partial charge in [0.05, 0.1) is 12.2 Å². The monoisotopic (exact) mass is 366 g/mol. The number of benzene rings is 1. The first-order valence-electron chi connectivity index (χ1n) is 9.06. The molecule has 5 nitrogen and oxygen atoms in total. The van der Waals surface area contributed by atoms with Crippen LogP contribution >= 0.6 is 11.6 Å². The number of hydrogen-bond acceptors (Lipinski definition) is 4. The van der Waals surface area contributed by atoms with Crippen LogP contribution < -0.4 is 15.8 Å². The first kappa shape index (κ1) is 18.5. The van der Waals surface area contributed by atoms with Crippen LogP contribution in [0.5, 0.6) is 5.75 Å². The van der Waals surface area contributed by atoms with Crippen molar-refractivity contribution in [1.29, 1.82) is 0 Å². The quantitative estimate of drug-likeness (QED) is 0.759. The minimum atomic E-state index is -0.118. The van der Waals surface area contributed by atoms with Crippen molar-refractivity contribution in [3.8, 4) is 5.75 Å². The summed E-state index contributed by atoms with van der Waals surface area (Å²) in [6.07, 6.45) is 5.50. The molecule has 2 atom stereocenters. The standard InChI is InChI=1S/C19H27ClN2O3/c1-24-7-8-25-17-6-5-14(20)11-16(17)19(23)22-18-12-3-2-4-13(18)10-15(21)9-12/h5-6,11-13,15,18H,2-4,7-10,21H2,1H3,(H,22,23). The highest BCUT2D eigenvalue weighted by Gasteiger charge is 2.40. The molecule has 0 aliphatic heterocycles. The van der Waals surface area contributed by atoms with Gasteiger partial charge in [0.2, 0.25) is 0 Å². The molecule has 3 rings (SSSR count). The maximum absolute atomic E-state index is 12.9. The van der Waals surface area contributed by atoms with Crippen LogP contribution in [-0.2, 0) is 4.74 Å². The van der Waals surface area contributed by atoms with Crippen molar-refractivity contribution < 1.29 is 14.3 Å². The van der Waals surface area contributed by atoms with Gasteiger partial charge in [-0.25, -0.2) is 0 Å². The topological polar surface area (TPSA) is 73.6 Å². The van der Waals surface area contributed by atoms with Gasteiger partial charge in [-0.3, -0.25) is 4.79 Å². The highest BCUT2D eigenvalue weighted by atomic mass is 35.5. The van der Waals surface area contributed by atoms with E-state index in [1.807, 2.05) is 0 Å². The van der Waals surface area contributed by atoms with Crippen LogP contribution in [0.25, 0.3) is 0 Å². The number of rotatable bonds is 6. The highest BCUT2D eigenvalue weighted by molar-refractivity contribution is 6.31. The Morgan fingerprint density at radius 2 is 2.00 bits per heavy atom. The summed E-state index contributed by atoms with van der Waals surface area (Å²) in [7, 11) is 1.62. The molecule has 2 aliphatic carbocycles. The SMILES string of the molecule is COCCOc1ccc(Cl)cc1C(=O)NC1C2CCCC1CC(N)C2. The molecule has 2 aliphatic rings. The maximum Gasteiger partial charge on any atom is 0.255 e. The van der Waals surface area contributed by atoms with Gasteiger partial charge in [-0.15, -0.1) is 0 Å². The fraction of sp³-hybridized carbons (Fsp3) is 0.632. The molecule has 25 heavy (non-hydrogen) atoms. The van der Waals surface area contributed by atoms with Gasteiger partial charge in [0.1, 0.15) is 12.4 Å². The van der Waals surface area contributed by atoms with Crippen LogP contribution in [0.4, 0.5) is 0 Å². The Morgan fingerprint density at radius 3 is 2.68 bits per heavy atom. The second kappa shape index (κ2) is 8.39. The highest BCUT2D eigenvalue weighted by Crippen LogP contribution is 2.40. The first-order valence-corrected chi connectivity index (χ1v) is 9.44. The van der Waals surface area contributed by atoms with E-state index in [1.54, 1.807) is 25.3 Å². The number of methoxy groups -OCH3 is 1. The predicted octanol–water partition coefficient (Wildman–Crippen LogP) is 3.00. The summed E-state index contributed by atoms with van der Waals surface area (Å²) < 4.78 is 10.7. The van der Waals surface area contributed by atoms with Crippen molar-refractivity contribution in [2.75, 3.05) is 20.3 Å². The third kappa shape index (κ3) is 4.46. The van der Waals surface area contributed by atoms with E-state index in [-0.39, 0.29) is 18.0 Å². The lowest BCUT2D eigenvalue weighted by Crippen LogP contribution is -2.53. The summed E-state index contributed by atoms with van der Waals surface area (Å²) in [5, 5.41) is 3.77. The van der Waals surface area contributed by atoms with Crippen molar-refractivity contribution in [3.05, 3.63) is 28.8 Å². The smallest absolute Gasteiger partial charge is 0.255 e. The molecule has 0 spiro atoms. The number of carbonyl (C=O) groups excluding carboxylic acids is 1. The molecule has 0 aromatic heterocycles. The fourth-order valence-electron chi connectivity index (χ4n) is 4.29. The summed E-state index contributed by atoms with van der Waals surface area (Å²) in [5.74, 6) is 1.37. The van der Waals surface area contributed by atoms with Crippen LogP contribution in [0.1, 0.15) is 42.5 Å². The van der Waals surface area contributed by atoms with Crippen LogP contribution in [0, 0.1) is 11.8 Å². The molecule has 0 saturated heterocycles. The number of halogens is 1. The van der Waals surface area contributed by atoms with E-state index in [0.29, 0.717) is 41.4 Å². The molecule has 6 heteroatoms. The molecule has 138 valence electrons. The van der Waals surface area contributed by atoms with Crippen molar-refractivity contribution >= 4 is 17.5 Å². The van der Waals surface area contributed by atoms with Crippen molar-refractivity contribution in [2.45, 2.75) is 44.2 Å². The predicted molar refractivity (Wildman–Crippen MR) is 98.1 cm³/mol. The van der Waals surface area contributed by atoms with Gasteiger partial charge in [-0.1, -0.05) is 18.0 Å². The molecule has 3 N–H and O–H groups in total. The molecule has 1 amide bonds. The number of fused-ring (bicyclic) bond motifs is 2. The van der Waals surface area contributed by atoms with E-state index in [1.165, 1.54) is 6.42 Å². The van der Waals surface area contributed by atoms with Crippen molar-refractivity contribution in [3.63, 3.8) is 0 Å². The Labute approximate surface area is 154 Å². The molecule has 1 aromatic rings. The summed E-state index contributed by atoms with van der Waals surface area (Å²) in [6.45, 7) is 0.857. The Kier molecular flexibility index (Phi) is 6.20. The number of amides is 1. The number of ether oxygens (including phenoxy) is 2. The third-order valence-electron chi connectivity index (χ3n) is 5.41. The normalized spacial score (nSPS) is 28.4. The average Bonchev–Trinajstić information content (AvgIpc) is 2.57. The molecular formula is C19H27ClN2O3. The van der Waals surface area contributed by atoms with E-state index < -0.39 is 0 Å². The lowest BCUT2D eigenvalue weighted by Gasteiger charge is -2.45. The zero-order valence-corrected chi connectivity index (χ0v) is 15.4. The Bertz CT molecular complexity index is 596. The molecule has 0 heterocycles. The van der Waals surface area contributed by atoms with Crippen molar-refractivity contribution in [2.24, 2.45) is 17.6 Å². The van der Waals surface area contributed by atoms with Gasteiger partial charge < -0.3 is 20.5 Å². The lowest BCUT2D eigenvalue weighted by molar-refractivity contribution is 0.0750. The minimum absolute atomic E-state index is 0.118. The van der Waals surface area contributed by atoms with Crippen LogP contribution in [0.15, 0.2) is 18.2 Å². The van der Waals surface area contributed by atoms with E-state index in [4.69, 9.17) is 26.8 Å². The maximum atomic E-state index is 12.9. The molecule has 2 saturated carbocycles. The summed E-state index contributed by atoms with van der Waals surface area (Å²) in [5.41, 5.74) is 6.66. The van der Waals surface area contributed by atoms with Crippen LogP contribution in [0.3, 0.4) is 0 Å². The van der Waals surface area contributed by atoms with Gasteiger partial charge >= 0.3 is 0 Å². The molecule has 2 fully saturated rings. The minimum Gasteiger partial charge on any atom is -0.490 e. The zero-order valence-electron chi connectivity index (χ0n) is 14.7. The Hall–Kier alpha value is -1.30. The molecule has 1 aromatic carbocycles. The number of hydrogen-bond donors (Lipinski definition) is 2. The van der Waals surface area contributed by atoms with E-state index in [2.05, 4.69) is 5.32 Å². The van der Waals surface area contributed by atoms with Gasteiger partial charge in [0.25, 0.3) is 5.91 Å². The van der Waals surface area contributed by atoms with Gasteiger partial charge in [-0.2, -0.15) is 0 Å². The van der Waals surface area contributed by atoms with Gasteiger partial charge in [-0.05, 0) is 55.7 Å². The first-order chi connectivity index (χ1) is 12.1. The summed E-state index contributed by atoms with van der Waals surface area (Å²) in [4.78, 5) is 12.9. The van der Waals surface area contributed by atoms with Gasteiger partial charge in [0.15, 0.2) is 0 Å². The van der Waals surface area contributed by atoms with E-state index >= 15 is 0 Å². The number of nitrogens with one attached hydrogen (secondary N) is 1. The largest absolute Gasteiger partial charge is 0.490 e. The Morgan fingerprint density at radius 1 is 1.28 bits per heavy atom. The van der Waals surface area contributed by atoms with Crippen LogP contribution in [0.2, 0.25) is 5.02 Å². The summed E-state index contributed by atoms with van der Waals surface area (Å²) >= 11 is 6.10. The van der Waals surface area contributed by atoms with E-state index in [0.717, 1.165) is 25.7 Å². The number of nitrogens with two attached hydrogens (primary N) is 1. The van der Waals surface area contributed by atoms with Crippen molar-refractivity contribution in [1.82, 2.24) is 5.32 Å². The molecular weight excluding hydrogens is 340 g/mol. The number of carbonyl (C=O) groups is 1. The lowest BCUT2D eigenvalue weighted by atomic mass is 9.67. The molecule has 2 unspecified atom stereocenters. The van der Waals surface area contributed by atoms with E-state index in [9.17, 15) is 4.79 Å². The molecule has 2 bridgehead atoms. The third-order valence-corrected chi connectivity index (χ3v) is 5.64. The van der Waals surface area contributed by atoms with Gasteiger partial charge in [0, 0.05) is 24.2 Å². The fourth-order valence-corrected chi connectivity index (χ4v) is 4.47. The average molecular weight is 367 g/mol. The molecule has 0 radical (unpaired) electrons. The zero-order chi connectivity index (χ0) is 17.8. The second-order valence-electron chi connectivity index (χ2n) is 7.16. The summed E-state index contributed by atoms with van der Waals surface area (Å²) in [6, 6.07) is 5.61. The second-order valence-corrected chi connectivity index (χ2v) is 7.60. The van der Waals surface area contributed by atoms with Crippen LogP contribution in [-0.4, -0.2) is 38.3 Å².